The van der Waals surface area contributed by atoms with Crippen LogP contribution in [0.25, 0.3) is 0 Å². The Kier molecular flexibility index (Phi) is 7.57. The predicted octanol–water partition coefficient (Wildman–Crippen LogP) is 3.18. The Morgan fingerprint density at radius 1 is 0.931 bits per heavy atom. The smallest absolute Gasteiger partial charge is 0.251 e. The molecule has 0 aromatic heterocycles. The quantitative estimate of drug-likeness (QED) is 0.757. The number of aryl methyl sites for hydroxylation is 4. The van der Waals surface area contributed by atoms with Crippen molar-refractivity contribution in [1.29, 1.82) is 0 Å². The molecule has 5 heteroatoms. The number of rotatable bonds is 7. The van der Waals surface area contributed by atoms with Crippen LogP contribution >= 0.6 is 0 Å². The van der Waals surface area contributed by atoms with Gasteiger partial charge >= 0.3 is 0 Å². The number of carbonyl (C=O) groups excluding carboxylic acids is 2. The maximum absolute atomic E-state index is 12.7. The van der Waals surface area contributed by atoms with Crippen molar-refractivity contribution in [2.24, 2.45) is 0 Å². The molecule has 0 bridgehead atoms. The Morgan fingerprint density at radius 2 is 1.55 bits per heavy atom. The molecule has 0 aliphatic rings. The van der Waals surface area contributed by atoms with E-state index in [0.29, 0.717) is 12.1 Å². The van der Waals surface area contributed by atoms with Gasteiger partial charge in [-0.3, -0.25) is 9.59 Å². The van der Waals surface area contributed by atoms with Crippen LogP contribution in [0.2, 0.25) is 0 Å². The minimum Gasteiger partial charge on any atom is -0.355 e. The van der Waals surface area contributed by atoms with Crippen LogP contribution in [0.4, 0.5) is 0 Å². The van der Waals surface area contributed by atoms with Crippen molar-refractivity contribution in [3.63, 3.8) is 0 Å². The molecule has 2 amide bonds. The molecule has 1 atom stereocenters. The van der Waals surface area contributed by atoms with E-state index >= 15 is 0 Å². The molecule has 0 aliphatic carbocycles. The second-order valence-corrected chi connectivity index (χ2v) is 8.02. The summed E-state index contributed by atoms with van der Waals surface area (Å²) in [6.07, 6.45) is 0.797. The van der Waals surface area contributed by atoms with Crippen molar-refractivity contribution in [3.05, 3.63) is 69.3 Å². The molecule has 1 unspecified atom stereocenters. The lowest BCUT2D eigenvalue weighted by atomic mass is 9.93. The lowest BCUT2D eigenvalue weighted by Gasteiger charge is -2.26. The summed E-state index contributed by atoms with van der Waals surface area (Å²) in [7, 11) is 5.69. The second-order valence-electron chi connectivity index (χ2n) is 8.02. The standard InChI is InChI=1S/C24H33N3O2/c1-15-8-9-21(16(2)10-15)24(29)26-14-20(27(6)7)13-22-17(3)11-19(12-18(22)4)23(28)25-5/h8-12,20H,13-14H2,1-7H3,(H,25,28)(H,26,29). The highest BCUT2D eigenvalue weighted by Crippen LogP contribution is 2.20. The summed E-state index contributed by atoms with van der Waals surface area (Å²) in [5.74, 6) is -0.120. The van der Waals surface area contributed by atoms with Gasteiger partial charge in [0.25, 0.3) is 11.8 Å². The summed E-state index contributed by atoms with van der Waals surface area (Å²) in [6, 6.07) is 9.89. The summed E-state index contributed by atoms with van der Waals surface area (Å²) in [5.41, 5.74) is 6.94. The number of carbonyl (C=O) groups is 2. The van der Waals surface area contributed by atoms with Gasteiger partial charge in [-0.05, 0) is 88.7 Å². The minimum atomic E-state index is -0.0763. The molecule has 2 aromatic rings. The van der Waals surface area contributed by atoms with Gasteiger partial charge in [-0.2, -0.15) is 0 Å². The van der Waals surface area contributed by atoms with E-state index in [1.807, 2.05) is 72.1 Å². The number of benzene rings is 2. The van der Waals surface area contributed by atoms with Gasteiger partial charge in [0.15, 0.2) is 0 Å². The number of nitrogens with zero attached hydrogens (tertiary/aromatic N) is 1. The Hall–Kier alpha value is -2.66. The van der Waals surface area contributed by atoms with Crippen molar-refractivity contribution >= 4 is 11.8 Å². The molecule has 0 spiro atoms. The first kappa shape index (κ1) is 22.6. The highest BCUT2D eigenvalue weighted by atomic mass is 16.2. The van der Waals surface area contributed by atoms with Crippen LogP contribution in [0.1, 0.15) is 48.5 Å². The number of nitrogens with one attached hydrogen (secondary N) is 2. The highest BCUT2D eigenvalue weighted by Gasteiger charge is 2.18. The van der Waals surface area contributed by atoms with Gasteiger partial charge in [0.2, 0.25) is 0 Å². The largest absolute Gasteiger partial charge is 0.355 e. The lowest BCUT2D eigenvalue weighted by molar-refractivity contribution is 0.0938. The van der Waals surface area contributed by atoms with Gasteiger partial charge in [-0.25, -0.2) is 0 Å². The van der Waals surface area contributed by atoms with Crippen LogP contribution in [0.3, 0.4) is 0 Å². The number of hydrogen-bond acceptors (Lipinski definition) is 3. The number of likely N-dealkylation sites (N-methyl/N-ethyl adjacent to an activating group) is 1. The molecule has 0 aliphatic heterocycles. The third kappa shape index (κ3) is 5.67. The maximum atomic E-state index is 12.7. The molecule has 0 saturated heterocycles. The van der Waals surface area contributed by atoms with Crippen LogP contribution in [0, 0.1) is 27.7 Å². The third-order valence-corrected chi connectivity index (χ3v) is 5.48. The minimum absolute atomic E-state index is 0.0437. The molecule has 2 N–H and O–H groups in total. The van der Waals surface area contributed by atoms with E-state index in [1.165, 1.54) is 5.56 Å². The van der Waals surface area contributed by atoms with Crippen LogP contribution in [-0.4, -0.2) is 50.4 Å². The van der Waals surface area contributed by atoms with Crippen molar-refractivity contribution in [1.82, 2.24) is 15.5 Å². The second kappa shape index (κ2) is 9.70. The summed E-state index contributed by atoms with van der Waals surface area (Å²) in [4.78, 5) is 26.8. The average Bonchev–Trinajstić information content (AvgIpc) is 2.65. The fourth-order valence-electron chi connectivity index (χ4n) is 3.64. The summed E-state index contributed by atoms with van der Waals surface area (Å²) >= 11 is 0. The van der Waals surface area contributed by atoms with Crippen LogP contribution in [0.15, 0.2) is 30.3 Å². The topological polar surface area (TPSA) is 61.4 Å². The number of hydrogen-bond donors (Lipinski definition) is 2. The average molecular weight is 396 g/mol. The summed E-state index contributed by atoms with van der Waals surface area (Å²) in [6.45, 7) is 8.61. The SMILES string of the molecule is CNC(=O)c1cc(C)c(CC(CNC(=O)c2ccc(C)cc2C)N(C)C)c(C)c1. The van der Waals surface area contributed by atoms with E-state index in [2.05, 4.69) is 15.5 Å². The van der Waals surface area contributed by atoms with E-state index in [0.717, 1.165) is 34.2 Å². The molecule has 0 saturated carbocycles. The van der Waals surface area contributed by atoms with E-state index in [1.54, 1.807) is 7.05 Å². The van der Waals surface area contributed by atoms with Crippen molar-refractivity contribution in [2.75, 3.05) is 27.7 Å². The molecule has 2 aromatic carbocycles. The molecular weight excluding hydrogens is 362 g/mol. The first-order valence-corrected chi connectivity index (χ1v) is 9.98. The molecule has 5 nitrogen and oxygen atoms in total. The van der Waals surface area contributed by atoms with Crippen LogP contribution in [0.5, 0.6) is 0 Å². The number of amides is 2. The van der Waals surface area contributed by atoms with Gasteiger partial charge in [0, 0.05) is 30.8 Å². The Bertz CT molecular complexity index is 880. The van der Waals surface area contributed by atoms with Gasteiger partial charge in [0.05, 0.1) is 0 Å². The van der Waals surface area contributed by atoms with Gasteiger partial charge < -0.3 is 15.5 Å². The molecule has 29 heavy (non-hydrogen) atoms. The van der Waals surface area contributed by atoms with Crippen LogP contribution in [-0.2, 0) is 6.42 Å². The zero-order chi connectivity index (χ0) is 21.7. The van der Waals surface area contributed by atoms with E-state index in [9.17, 15) is 9.59 Å². The first-order chi connectivity index (χ1) is 13.6. The summed E-state index contributed by atoms with van der Waals surface area (Å²) < 4.78 is 0. The maximum Gasteiger partial charge on any atom is 0.251 e. The molecule has 156 valence electrons. The van der Waals surface area contributed by atoms with Gasteiger partial charge in [-0.15, -0.1) is 0 Å². The molecule has 0 radical (unpaired) electrons. The Morgan fingerprint density at radius 3 is 2.07 bits per heavy atom. The molecule has 2 rings (SSSR count). The highest BCUT2D eigenvalue weighted by molar-refractivity contribution is 5.95. The molecule has 0 heterocycles. The normalized spacial score (nSPS) is 12.0. The fraction of sp³-hybridized carbons (Fsp3) is 0.417. The van der Waals surface area contributed by atoms with Crippen molar-refractivity contribution in [3.8, 4) is 0 Å². The van der Waals surface area contributed by atoms with E-state index in [-0.39, 0.29) is 17.9 Å². The zero-order valence-corrected chi connectivity index (χ0v) is 18.6. The van der Waals surface area contributed by atoms with Gasteiger partial charge in [0.1, 0.15) is 0 Å². The molecule has 0 fully saturated rings. The van der Waals surface area contributed by atoms with Gasteiger partial charge in [-0.1, -0.05) is 17.7 Å². The molecular formula is C24H33N3O2. The lowest BCUT2D eigenvalue weighted by Crippen LogP contribution is -2.42. The van der Waals surface area contributed by atoms with E-state index in [4.69, 9.17) is 0 Å². The van der Waals surface area contributed by atoms with E-state index < -0.39 is 0 Å². The zero-order valence-electron chi connectivity index (χ0n) is 18.6. The van der Waals surface area contributed by atoms with Crippen molar-refractivity contribution < 1.29 is 9.59 Å². The fourth-order valence-corrected chi connectivity index (χ4v) is 3.64. The van der Waals surface area contributed by atoms with Crippen LogP contribution < -0.4 is 10.6 Å². The third-order valence-electron chi connectivity index (χ3n) is 5.48. The Labute approximate surface area is 174 Å². The monoisotopic (exact) mass is 395 g/mol. The Balaban J connectivity index is 2.14. The predicted molar refractivity (Wildman–Crippen MR) is 119 cm³/mol. The first-order valence-electron chi connectivity index (χ1n) is 9.98. The summed E-state index contributed by atoms with van der Waals surface area (Å²) in [5, 5.41) is 5.77. The van der Waals surface area contributed by atoms with Crippen molar-refractivity contribution in [2.45, 2.75) is 40.2 Å².